The van der Waals surface area contributed by atoms with Crippen LogP contribution in [-0.2, 0) is 17.9 Å². The first-order chi connectivity index (χ1) is 12.5. The van der Waals surface area contributed by atoms with Gasteiger partial charge in [0, 0.05) is 43.8 Å². The van der Waals surface area contributed by atoms with Crippen LogP contribution in [0.4, 0.5) is 10.5 Å². The Kier molecular flexibility index (Phi) is 5.78. The normalized spacial score (nSPS) is 13.8. The third-order valence-electron chi connectivity index (χ3n) is 4.44. The molecule has 0 radical (unpaired) electrons. The van der Waals surface area contributed by atoms with E-state index in [2.05, 4.69) is 5.32 Å². The Morgan fingerprint density at radius 1 is 1.12 bits per heavy atom. The standard InChI is InChI=1S/C20H22ClN3O2/c1-23(14-16-4-8-17(21)9-5-16)20(26)22-13-15-6-10-18(11-7-15)24-12-2-3-19(24)25/h4-11H,2-3,12-14H2,1H3,(H,22,26). The van der Waals surface area contributed by atoms with Gasteiger partial charge in [-0.25, -0.2) is 4.79 Å². The zero-order chi connectivity index (χ0) is 18.5. The molecule has 0 saturated carbocycles. The molecule has 1 N–H and O–H groups in total. The SMILES string of the molecule is CN(Cc1ccc(Cl)cc1)C(=O)NCc1ccc(N2CCCC2=O)cc1. The van der Waals surface area contributed by atoms with Crippen molar-refractivity contribution >= 4 is 29.2 Å². The van der Waals surface area contributed by atoms with Crippen LogP contribution in [0.3, 0.4) is 0 Å². The second kappa shape index (κ2) is 8.23. The fourth-order valence-electron chi connectivity index (χ4n) is 2.96. The van der Waals surface area contributed by atoms with Crippen LogP contribution in [0.5, 0.6) is 0 Å². The molecular formula is C20H22ClN3O2. The van der Waals surface area contributed by atoms with E-state index >= 15 is 0 Å². The lowest BCUT2D eigenvalue weighted by Crippen LogP contribution is -2.36. The number of halogens is 1. The predicted molar refractivity (Wildman–Crippen MR) is 103 cm³/mol. The molecule has 6 heteroatoms. The van der Waals surface area contributed by atoms with Gasteiger partial charge in [0.05, 0.1) is 0 Å². The Labute approximate surface area is 158 Å². The van der Waals surface area contributed by atoms with Crippen molar-refractivity contribution in [3.05, 3.63) is 64.7 Å². The summed E-state index contributed by atoms with van der Waals surface area (Å²) in [5.74, 6) is 0.176. The molecule has 136 valence electrons. The number of carbonyl (C=O) groups is 2. The molecule has 26 heavy (non-hydrogen) atoms. The van der Waals surface area contributed by atoms with E-state index in [0.29, 0.717) is 24.5 Å². The highest BCUT2D eigenvalue weighted by atomic mass is 35.5. The number of hydrogen-bond donors (Lipinski definition) is 1. The Balaban J connectivity index is 1.50. The number of carbonyl (C=O) groups excluding carboxylic acids is 2. The number of nitrogens with zero attached hydrogens (tertiary/aromatic N) is 2. The lowest BCUT2D eigenvalue weighted by atomic mass is 10.2. The summed E-state index contributed by atoms with van der Waals surface area (Å²) in [5, 5.41) is 3.59. The van der Waals surface area contributed by atoms with Crippen LogP contribution in [0.15, 0.2) is 48.5 Å². The maximum atomic E-state index is 12.2. The molecule has 1 aliphatic heterocycles. The van der Waals surface area contributed by atoms with E-state index in [1.807, 2.05) is 53.4 Å². The van der Waals surface area contributed by atoms with Crippen molar-refractivity contribution in [3.8, 4) is 0 Å². The summed E-state index contributed by atoms with van der Waals surface area (Å²) in [4.78, 5) is 27.5. The first kappa shape index (κ1) is 18.3. The van der Waals surface area contributed by atoms with Crippen LogP contribution in [0.2, 0.25) is 5.02 Å². The van der Waals surface area contributed by atoms with Gasteiger partial charge in [-0.1, -0.05) is 35.9 Å². The van der Waals surface area contributed by atoms with Crippen LogP contribution in [0.25, 0.3) is 0 Å². The van der Waals surface area contributed by atoms with Crippen LogP contribution < -0.4 is 10.2 Å². The summed E-state index contributed by atoms with van der Waals surface area (Å²) in [6.07, 6.45) is 1.54. The molecule has 0 spiro atoms. The van der Waals surface area contributed by atoms with Crippen LogP contribution in [0.1, 0.15) is 24.0 Å². The molecule has 2 aromatic rings. The number of rotatable bonds is 5. The minimum Gasteiger partial charge on any atom is -0.334 e. The number of hydrogen-bond acceptors (Lipinski definition) is 2. The fraction of sp³-hybridized carbons (Fsp3) is 0.300. The lowest BCUT2D eigenvalue weighted by molar-refractivity contribution is -0.117. The number of anilines is 1. The van der Waals surface area contributed by atoms with Crippen molar-refractivity contribution in [1.29, 1.82) is 0 Å². The van der Waals surface area contributed by atoms with Gasteiger partial charge in [0.2, 0.25) is 5.91 Å². The first-order valence-electron chi connectivity index (χ1n) is 8.65. The lowest BCUT2D eigenvalue weighted by Gasteiger charge is -2.19. The highest BCUT2D eigenvalue weighted by molar-refractivity contribution is 6.30. The molecule has 0 aromatic heterocycles. The molecule has 1 saturated heterocycles. The maximum Gasteiger partial charge on any atom is 0.317 e. The molecule has 1 fully saturated rings. The number of benzene rings is 2. The first-order valence-corrected chi connectivity index (χ1v) is 9.03. The van der Waals surface area contributed by atoms with Crippen molar-refractivity contribution in [2.75, 3.05) is 18.5 Å². The molecule has 0 aliphatic carbocycles. The van der Waals surface area contributed by atoms with Crippen molar-refractivity contribution in [2.24, 2.45) is 0 Å². The largest absolute Gasteiger partial charge is 0.334 e. The second-order valence-electron chi connectivity index (χ2n) is 6.46. The zero-order valence-electron chi connectivity index (χ0n) is 14.7. The minimum absolute atomic E-state index is 0.140. The van der Waals surface area contributed by atoms with Crippen molar-refractivity contribution in [2.45, 2.75) is 25.9 Å². The zero-order valence-corrected chi connectivity index (χ0v) is 15.5. The molecule has 0 bridgehead atoms. The van der Waals surface area contributed by atoms with Gasteiger partial charge in [0.15, 0.2) is 0 Å². The third-order valence-corrected chi connectivity index (χ3v) is 4.70. The molecule has 1 aliphatic rings. The van der Waals surface area contributed by atoms with Gasteiger partial charge in [0.1, 0.15) is 0 Å². The van der Waals surface area contributed by atoms with Crippen molar-refractivity contribution in [3.63, 3.8) is 0 Å². The number of nitrogens with one attached hydrogen (secondary N) is 1. The van der Waals surface area contributed by atoms with Gasteiger partial charge in [-0.2, -0.15) is 0 Å². The summed E-state index contributed by atoms with van der Waals surface area (Å²) >= 11 is 5.87. The second-order valence-corrected chi connectivity index (χ2v) is 6.89. The van der Waals surface area contributed by atoms with Crippen molar-refractivity contribution in [1.82, 2.24) is 10.2 Å². The highest BCUT2D eigenvalue weighted by Crippen LogP contribution is 2.21. The smallest absolute Gasteiger partial charge is 0.317 e. The summed E-state index contributed by atoms with van der Waals surface area (Å²) in [5.41, 5.74) is 2.93. The Morgan fingerprint density at radius 2 is 1.77 bits per heavy atom. The Bertz CT molecular complexity index is 775. The maximum absolute atomic E-state index is 12.2. The quantitative estimate of drug-likeness (QED) is 0.868. The summed E-state index contributed by atoms with van der Waals surface area (Å²) < 4.78 is 0. The predicted octanol–water partition coefficient (Wildman–Crippen LogP) is 3.81. The topological polar surface area (TPSA) is 52.7 Å². The van der Waals surface area contributed by atoms with Crippen LogP contribution in [0, 0.1) is 0 Å². The van der Waals surface area contributed by atoms with Gasteiger partial charge in [-0.3, -0.25) is 4.79 Å². The molecular weight excluding hydrogens is 350 g/mol. The van der Waals surface area contributed by atoms with E-state index in [-0.39, 0.29) is 11.9 Å². The van der Waals surface area contributed by atoms with E-state index in [1.165, 1.54) is 0 Å². The molecule has 0 unspecified atom stereocenters. The minimum atomic E-state index is -0.140. The average molecular weight is 372 g/mol. The van der Waals surface area contributed by atoms with Crippen LogP contribution in [-0.4, -0.2) is 30.4 Å². The molecule has 3 amide bonds. The average Bonchev–Trinajstić information content (AvgIpc) is 3.08. The van der Waals surface area contributed by atoms with E-state index in [4.69, 9.17) is 11.6 Å². The van der Waals surface area contributed by atoms with Gasteiger partial charge >= 0.3 is 6.03 Å². The molecule has 2 aromatic carbocycles. The number of amides is 3. The van der Waals surface area contributed by atoms with E-state index in [9.17, 15) is 9.59 Å². The molecule has 3 rings (SSSR count). The molecule has 1 heterocycles. The fourth-order valence-corrected chi connectivity index (χ4v) is 3.09. The summed E-state index contributed by atoms with van der Waals surface area (Å²) in [6, 6.07) is 15.1. The Hall–Kier alpha value is -2.53. The van der Waals surface area contributed by atoms with Gasteiger partial charge in [-0.15, -0.1) is 0 Å². The Morgan fingerprint density at radius 3 is 2.38 bits per heavy atom. The van der Waals surface area contributed by atoms with Gasteiger partial charge in [-0.05, 0) is 41.8 Å². The number of urea groups is 1. The molecule has 0 atom stereocenters. The summed E-state index contributed by atoms with van der Waals surface area (Å²) in [6.45, 7) is 1.74. The van der Waals surface area contributed by atoms with Gasteiger partial charge in [0.25, 0.3) is 0 Å². The third kappa shape index (κ3) is 4.55. The monoisotopic (exact) mass is 371 g/mol. The van der Waals surface area contributed by atoms with Crippen LogP contribution >= 0.6 is 11.6 Å². The highest BCUT2D eigenvalue weighted by Gasteiger charge is 2.21. The van der Waals surface area contributed by atoms with E-state index < -0.39 is 0 Å². The van der Waals surface area contributed by atoms with Crippen molar-refractivity contribution < 1.29 is 9.59 Å². The van der Waals surface area contributed by atoms with E-state index in [0.717, 1.165) is 29.8 Å². The summed E-state index contributed by atoms with van der Waals surface area (Å²) in [7, 11) is 1.76. The van der Waals surface area contributed by atoms with E-state index in [1.54, 1.807) is 11.9 Å². The molecule has 5 nitrogen and oxygen atoms in total. The van der Waals surface area contributed by atoms with Gasteiger partial charge < -0.3 is 15.1 Å².